The number of carbonyl (C=O) groups excluding carboxylic acids is 1. The Morgan fingerprint density at radius 3 is 2.36 bits per heavy atom. The molecule has 6 heteroatoms. The molecule has 0 amide bonds. The van der Waals surface area contributed by atoms with Crippen molar-refractivity contribution in [2.45, 2.75) is 11.8 Å². The Kier molecular flexibility index (Phi) is 4.49. The molecule has 0 radical (unpaired) electrons. The summed E-state index contributed by atoms with van der Waals surface area (Å²) in [6, 6.07) is 22.1. The standard InChI is InChI=1S/C22H17NO4S/c1-16-8-7-9-17(14-16)22(24)27-21-15-23(20-13-6-5-12-19(20)21)28(25,26)18-10-3-2-4-11-18/h2-15H,1H3. The molecule has 0 saturated heterocycles. The highest BCUT2D eigenvalue weighted by Gasteiger charge is 2.23. The molecule has 0 unspecified atom stereocenters. The third-order valence-electron chi connectivity index (χ3n) is 4.40. The van der Waals surface area contributed by atoms with Gasteiger partial charge in [0, 0.05) is 5.39 Å². The van der Waals surface area contributed by atoms with E-state index in [4.69, 9.17) is 4.74 Å². The van der Waals surface area contributed by atoms with Gasteiger partial charge in [-0.2, -0.15) is 0 Å². The van der Waals surface area contributed by atoms with Gasteiger partial charge in [0.15, 0.2) is 5.75 Å². The largest absolute Gasteiger partial charge is 0.421 e. The van der Waals surface area contributed by atoms with E-state index in [0.717, 1.165) is 9.54 Å². The number of ether oxygens (including phenoxy) is 1. The van der Waals surface area contributed by atoms with Gasteiger partial charge in [-0.05, 0) is 43.3 Å². The smallest absolute Gasteiger partial charge is 0.343 e. The van der Waals surface area contributed by atoms with Crippen molar-refractivity contribution >= 4 is 26.9 Å². The number of para-hydroxylation sites is 1. The lowest BCUT2D eigenvalue weighted by atomic mass is 10.1. The van der Waals surface area contributed by atoms with E-state index in [1.165, 1.54) is 18.3 Å². The van der Waals surface area contributed by atoms with E-state index in [2.05, 4.69) is 0 Å². The molecule has 0 aliphatic carbocycles. The van der Waals surface area contributed by atoms with Gasteiger partial charge in [-0.3, -0.25) is 0 Å². The lowest BCUT2D eigenvalue weighted by molar-refractivity contribution is 0.0737. The number of hydrogen-bond donors (Lipinski definition) is 0. The Bertz CT molecular complexity index is 1270. The number of aryl methyl sites for hydroxylation is 1. The predicted octanol–water partition coefficient (Wildman–Crippen LogP) is 4.41. The molecule has 0 spiro atoms. The first-order valence-corrected chi connectivity index (χ1v) is 10.1. The first-order valence-electron chi connectivity index (χ1n) is 8.66. The number of fused-ring (bicyclic) bond motifs is 1. The van der Waals surface area contributed by atoms with Gasteiger partial charge in [-0.1, -0.05) is 48.0 Å². The van der Waals surface area contributed by atoms with Crippen molar-refractivity contribution in [3.05, 3.63) is 96.2 Å². The lowest BCUT2D eigenvalue weighted by Crippen LogP contribution is -2.12. The first kappa shape index (κ1) is 18.0. The van der Waals surface area contributed by atoms with Crippen LogP contribution in [0.3, 0.4) is 0 Å². The van der Waals surface area contributed by atoms with Gasteiger partial charge in [0.1, 0.15) is 0 Å². The molecule has 5 nitrogen and oxygen atoms in total. The summed E-state index contributed by atoms with van der Waals surface area (Å²) in [5.41, 5.74) is 1.78. The summed E-state index contributed by atoms with van der Waals surface area (Å²) in [6.45, 7) is 1.88. The topological polar surface area (TPSA) is 65.4 Å². The minimum atomic E-state index is -3.83. The molecule has 28 heavy (non-hydrogen) atoms. The van der Waals surface area contributed by atoms with Crippen LogP contribution in [-0.4, -0.2) is 18.4 Å². The summed E-state index contributed by atoms with van der Waals surface area (Å²) in [5.74, 6) is -0.342. The minimum absolute atomic E-state index is 0.160. The van der Waals surface area contributed by atoms with E-state index in [9.17, 15) is 13.2 Å². The van der Waals surface area contributed by atoms with Crippen molar-refractivity contribution in [3.63, 3.8) is 0 Å². The van der Waals surface area contributed by atoms with Crippen molar-refractivity contribution < 1.29 is 17.9 Å². The summed E-state index contributed by atoms with van der Waals surface area (Å²) in [5, 5.41) is 0.544. The van der Waals surface area contributed by atoms with Gasteiger partial charge in [0.25, 0.3) is 10.0 Å². The van der Waals surface area contributed by atoms with Gasteiger partial charge in [0.2, 0.25) is 0 Å². The van der Waals surface area contributed by atoms with Crippen LogP contribution >= 0.6 is 0 Å². The van der Waals surface area contributed by atoms with E-state index in [1.807, 2.05) is 13.0 Å². The van der Waals surface area contributed by atoms with Crippen molar-refractivity contribution in [2.75, 3.05) is 0 Å². The average molecular weight is 391 g/mol. The number of esters is 1. The molecule has 140 valence electrons. The highest BCUT2D eigenvalue weighted by atomic mass is 32.2. The summed E-state index contributed by atoms with van der Waals surface area (Å²) < 4.78 is 32.9. The Morgan fingerprint density at radius 1 is 0.893 bits per heavy atom. The summed E-state index contributed by atoms with van der Waals surface area (Å²) in [7, 11) is -3.83. The summed E-state index contributed by atoms with van der Waals surface area (Å²) in [4.78, 5) is 12.7. The van der Waals surface area contributed by atoms with Gasteiger partial charge in [-0.25, -0.2) is 17.2 Å². The van der Waals surface area contributed by atoms with Crippen LogP contribution < -0.4 is 4.74 Å². The lowest BCUT2D eigenvalue weighted by Gasteiger charge is -2.06. The van der Waals surface area contributed by atoms with Gasteiger partial charge >= 0.3 is 5.97 Å². The first-order chi connectivity index (χ1) is 13.5. The molecule has 0 aliphatic rings. The van der Waals surface area contributed by atoms with Crippen molar-refractivity contribution in [1.29, 1.82) is 0 Å². The molecule has 0 atom stereocenters. The van der Waals surface area contributed by atoms with Crippen LogP contribution in [0, 0.1) is 6.92 Å². The second kappa shape index (κ2) is 6.98. The Morgan fingerprint density at radius 2 is 1.61 bits per heavy atom. The Labute approximate surface area is 162 Å². The zero-order valence-corrected chi connectivity index (χ0v) is 15.9. The molecule has 3 aromatic carbocycles. The Balaban J connectivity index is 1.80. The molecule has 1 aromatic heterocycles. The second-order valence-corrected chi connectivity index (χ2v) is 8.20. The van der Waals surface area contributed by atoms with Crippen LogP contribution in [0.15, 0.2) is 90.0 Å². The highest BCUT2D eigenvalue weighted by Crippen LogP contribution is 2.31. The van der Waals surface area contributed by atoms with E-state index in [-0.39, 0.29) is 10.6 Å². The summed E-state index contributed by atoms with van der Waals surface area (Å²) in [6.07, 6.45) is 1.35. The van der Waals surface area contributed by atoms with Crippen LogP contribution in [0.5, 0.6) is 5.75 Å². The van der Waals surface area contributed by atoms with E-state index >= 15 is 0 Å². The molecular formula is C22H17NO4S. The fourth-order valence-electron chi connectivity index (χ4n) is 3.04. The fraction of sp³-hybridized carbons (Fsp3) is 0.0455. The molecule has 0 saturated carbocycles. The average Bonchev–Trinajstić information content (AvgIpc) is 3.08. The number of nitrogens with zero attached hydrogens (tertiary/aromatic N) is 1. The molecular weight excluding hydrogens is 374 g/mol. The van der Waals surface area contributed by atoms with Crippen LogP contribution in [0.4, 0.5) is 0 Å². The van der Waals surface area contributed by atoms with Crippen LogP contribution in [0.1, 0.15) is 15.9 Å². The zero-order chi connectivity index (χ0) is 19.7. The second-order valence-electron chi connectivity index (χ2n) is 6.38. The highest BCUT2D eigenvalue weighted by molar-refractivity contribution is 7.90. The van der Waals surface area contributed by atoms with E-state index in [0.29, 0.717) is 16.5 Å². The molecule has 0 fully saturated rings. The van der Waals surface area contributed by atoms with Crippen LogP contribution in [-0.2, 0) is 10.0 Å². The molecule has 0 bridgehead atoms. The number of carbonyl (C=O) groups is 1. The maximum atomic E-state index is 13.1. The van der Waals surface area contributed by atoms with Gasteiger partial charge in [-0.15, -0.1) is 0 Å². The van der Waals surface area contributed by atoms with Gasteiger partial charge in [0.05, 0.1) is 22.2 Å². The normalized spacial score (nSPS) is 11.5. The van der Waals surface area contributed by atoms with Crippen LogP contribution in [0.25, 0.3) is 10.9 Å². The molecule has 0 aliphatic heterocycles. The van der Waals surface area contributed by atoms with Crippen LogP contribution in [0.2, 0.25) is 0 Å². The van der Waals surface area contributed by atoms with E-state index < -0.39 is 16.0 Å². The van der Waals surface area contributed by atoms with Crippen molar-refractivity contribution in [3.8, 4) is 5.75 Å². The Hall–Kier alpha value is -3.38. The number of hydrogen-bond acceptors (Lipinski definition) is 4. The molecule has 4 aromatic rings. The van der Waals surface area contributed by atoms with Crippen molar-refractivity contribution in [1.82, 2.24) is 3.97 Å². The van der Waals surface area contributed by atoms with Gasteiger partial charge < -0.3 is 4.74 Å². The maximum absolute atomic E-state index is 13.1. The van der Waals surface area contributed by atoms with E-state index in [1.54, 1.807) is 60.7 Å². The zero-order valence-electron chi connectivity index (χ0n) is 15.1. The monoisotopic (exact) mass is 391 g/mol. The molecule has 4 rings (SSSR count). The quantitative estimate of drug-likeness (QED) is 0.484. The maximum Gasteiger partial charge on any atom is 0.343 e. The number of rotatable bonds is 4. The SMILES string of the molecule is Cc1cccc(C(=O)Oc2cn(S(=O)(=O)c3ccccc3)c3ccccc23)c1. The fourth-order valence-corrected chi connectivity index (χ4v) is 4.42. The molecule has 1 heterocycles. The summed E-state index contributed by atoms with van der Waals surface area (Å²) >= 11 is 0. The van der Waals surface area contributed by atoms with Crippen molar-refractivity contribution in [2.24, 2.45) is 0 Å². The predicted molar refractivity (Wildman–Crippen MR) is 107 cm³/mol. The molecule has 0 N–H and O–H groups in total. The third kappa shape index (κ3) is 3.18. The number of aromatic nitrogens is 1. The number of benzene rings is 3. The minimum Gasteiger partial charge on any atom is -0.421 e. The third-order valence-corrected chi connectivity index (χ3v) is 6.09.